The molecule has 4 aromatic rings. The lowest BCUT2D eigenvalue weighted by atomic mass is 10.2. The summed E-state index contributed by atoms with van der Waals surface area (Å²) >= 11 is 0. The second-order valence-corrected chi connectivity index (χ2v) is 6.35. The molecule has 6 heteroatoms. The predicted molar refractivity (Wildman–Crippen MR) is 113 cm³/mol. The molecule has 0 bridgehead atoms. The monoisotopic (exact) mass is 387 g/mol. The van der Waals surface area contributed by atoms with Crippen molar-refractivity contribution in [3.8, 4) is 23.0 Å². The van der Waals surface area contributed by atoms with E-state index in [-0.39, 0.29) is 0 Å². The standard InChI is InChI=1S/C23H21N3O3/c1-27-17-8-6-16(7-9-17)14-24-23-22-20(25-15-26-23)4-3-5-21(22)29-19-12-10-18(28-2)11-13-19/h3-13,15H,14H2,1-2H3,(H,24,25,26). The van der Waals surface area contributed by atoms with Gasteiger partial charge in [0.05, 0.1) is 25.1 Å². The van der Waals surface area contributed by atoms with Gasteiger partial charge in [0.1, 0.15) is 35.1 Å². The summed E-state index contributed by atoms with van der Waals surface area (Å²) in [7, 11) is 3.29. The summed E-state index contributed by atoms with van der Waals surface area (Å²) in [6.45, 7) is 0.618. The number of fused-ring (bicyclic) bond motifs is 1. The van der Waals surface area contributed by atoms with Crippen molar-refractivity contribution in [1.82, 2.24) is 9.97 Å². The molecule has 0 spiro atoms. The van der Waals surface area contributed by atoms with Gasteiger partial charge in [0.2, 0.25) is 0 Å². The first-order valence-electron chi connectivity index (χ1n) is 9.19. The van der Waals surface area contributed by atoms with E-state index >= 15 is 0 Å². The average molecular weight is 387 g/mol. The molecule has 0 aliphatic heterocycles. The van der Waals surface area contributed by atoms with Gasteiger partial charge < -0.3 is 19.5 Å². The molecular formula is C23H21N3O3. The smallest absolute Gasteiger partial charge is 0.141 e. The largest absolute Gasteiger partial charge is 0.497 e. The fourth-order valence-electron chi connectivity index (χ4n) is 3.00. The highest BCUT2D eigenvalue weighted by Gasteiger charge is 2.11. The number of nitrogens with one attached hydrogen (secondary N) is 1. The molecule has 0 saturated carbocycles. The highest BCUT2D eigenvalue weighted by Crippen LogP contribution is 2.33. The van der Waals surface area contributed by atoms with Crippen LogP contribution in [0.4, 0.5) is 5.82 Å². The Labute approximate surface area is 169 Å². The molecular weight excluding hydrogens is 366 g/mol. The van der Waals surface area contributed by atoms with Gasteiger partial charge in [-0.1, -0.05) is 18.2 Å². The molecule has 0 aliphatic carbocycles. The molecule has 0 aliphatic rings. The molecule has 146 valence electrons. The van der Waals surface area contributed by atoms with Crippen molar-refractivity contribution in [1.29, 1.82) is 0 Å². The third kappa shape index (κ3) is 4.21. The van der Waals surface area contributed by atoms with Gasteiger partial charge in [-0.3, -0.25) is 0 Å². The van der Waals surface area contributed by atoms with Gasteiger partial charge in [-0.25, -0.2) is 9.97 Å². The van der Waals surface area contributed by atoms with Crippen LogP contribution in [-0.4, -0.2) is 24.2 Å². The Morgan fingerprint density at radius 3 is 2.10 bits per heavy atom. The van der Waals surface area contributed by atoms with Gasteiger partial charge in [0.15, 0.2) is 0 Å². The van der Waals surface area contributed by atoms with Gasteiger partial charge in [0.25, 0.3) is 0 Å². The third-order valence-electron chi connectivity index (χ3n) is 4.53. The van der Waals surface area contributed by atoms with E-state index < -0.39 is 0 Å². The highest BCUT2D eigenvalue weighted by atomic mass is 16.5. The van der Waals surface area contributed by atoms with E-state index in [1.54, 1.807) is 20.5 Å². The Hall–Kier alpha value is -3.80. The van der Waals surface area contributed by atoms with E-state index in [1.165, 1.54) is 0 Å². The Bertz CT molecular complexity index is 1090. The minimum atomic E-state index is 0.618. The fourth-order valence-corrected chi connectivity index (χ4v) is 3.00. The van der Waals surface area contributed by atoms with Crippen molar-refractivity contribution in [2.75, 3.05) is 19.5 Å². The van der Waals surface area contributed by atoms with Crippen molar-refractivity contribution in [3.63, 3.8) is 0 Å². The number of methoxy groups -OCH3 is 2. The summed E-state index contributed by atoms with van der Waals surface area (Å²) in [6, 6.07) is 21.1. The number of hydrogen-bond donors (Lipinski definition) is 1. The average Bonchev–Trinajstić information content (AvgIpc) is 2.78. The quantitative estimate of drug-likeness (QED) is 0.479. The maximum absolute atomic E-state index is 6.12. The van der Waals surface area contributed by atoms with Crippen LogP contribution < -0.4 is 19.5 Å². The van der Waals surface area contributed by atoms with Gasteiger partial charge >= 0.3 is 0 Å². The fraction of sp³-hybridized carbons (Fsp3) is 0.130. The summed E-state index contributed by atoms with van der Waals surface area (Å²) in [6.07, 6.45) is 1.55. The molecule has 0 fully saturated rings. The van der Waals surface area contributed by atoms with E-state index in [0.717, 1.165) is 33.8 Å². The maximum Gasteiger partial charge on any atom is 0.141 e. The first kappa shape index (κ1) is 18.6. The van der Waals surface area contributed by atoms with E-state index in [1.807, 2.05) is 66.7 Å². The van der Waals surface area contributed by atoms with E-state index in [4.69, 9.17) is 14.2 Å². The van der Waals surface area contributed by atoms with E-state index in [2.05, 4.69) is 15.3 Å². The number of rotatable bonds is 7. The Morgan fingerprint density at radius 2 is 1.41 bits per heavy atom. The number of ether oxygens (including phenoxy) is 3. The maximum atomic E-state index is 6.12. The van der Waals surface area contributed by atoms with Gasteiger partial charge in [-0.15, -0.1) is 0 Å². The zero-order chi connectivity index (χ0) is 20.1. The van der Waals surface area contributed by atoms with Crippen LogP contribution in [0.1, 0.15) is 5.56 Å². The number of anilines is 1. The summed E-state index contributed by atoms with van der Waals surface area (Å²) in [5.74, 6) is 3.72. The van der Waals surface area contributed by atoms with Crippen molar-refractivity contribution in [3.05, 3.63) is 78.6 Å². The van der Waals surface area contributed by atoms with Crippen molar-refractivity contribution >= 4 is 16.7 Å². The zero-order valence-electron chi connectivity index (χ0n) is 16.3. The number of aromatic nitrogens is 2. The molecule has 0 amide bonds. The summed E-state index contributed by atoms with van der Waals surface area (Å²) in [5, 5.41) is 4.23. The minimum absolute atomic E-state index is 0.618. The van der Waals surface area contributed by atoms with Crippen LogP contribution in [0.2, 0.25) is 0 Å². The molecule has 3 aromatic carbocycles. The van der Waals surface area contributed by atoms with Crippen molar-refractivity contribution < 1.29 is 14.2 Å². The molecule has 0 radical (unpaired) electrons. The summed E-state index contributed by atoms with van der Waals surface area (Å²) < 4.78 is 16.5. The topological polar surface area (TPSA) is 65.5 Å². The Morgan fingerprint density at radius 1 is 0.759 bits per heavy atom. The minimum Gasteiger partial charge on any atom is -0.497 e. The van der Waals surface area contributed by atoms with Crippen LogP contribution in [0, 0.1) is 0 Å². The lowest BCUT2D eigenvalue weighted by Crippen LogP contribution is -2.03. The second kappa shape index (κ2) is 8.48. The van der Waals surface area contributed by atoms with E-state index in [9.17, 15) is 0 Å². The van der Waals surface area contributed by atoms with Crippen LogP contribution in [0.25, 0.3) is 10.9 Å². The second-order valence-electron chi connectivity index (χ2n) is 6.35. The van der Waals surface area contributed by atoms with Crippen LogP contribution in [-0.2, 0) is 6.54 Å². The Kier molecular flexibility index (Phi) is 5.42. The number of hydrogen-bond acceptors (Lipinski definition) is 6. The van der Waals surface area contributed by atoms with E-state index in [0.29, 0.717) is 18.0 Å². The van der Waals surface area contributed by atoms with Crippen molar-refractivity contribution in [2.24, 2.45) is 0 Å². The molecule has 4 rings (SSSR count). The van der Waals surface area contributed by atoms with Crippen LogP contribution in [0.3, 0.4) is 0 Å². The lowest BCUT2D eigenvalue weighted by molar-refractivity contribution is 0.413. The molecule has 6 nitrogen and oxygen atoms in total. The molecule has 0 saturated heterocycles. The van der Waals surface area contributed by atoms with Gasteiger partial charge in [0, 0.05) is 6.54 Å². The molecule has 1 N–H and O–H groups in total. The molecule has 0 unspecified atom stereocenters. The molecule has 0 atom stereocenters. The Balaban J connectivity index is 1.61. The molecule has 1 aromatic heterocycles. The number of benzene rings is 3. The SMILES string of the molecule is COc1ccc(CNc2ncnc3cccc(Oc4ccc(OC)cc4)c23)cc1. The van der Waals surface area contributed by atoms with Crippen LogP contribution in [0.5, 0.6) is 23.0 Å². The lowest BCUT2D eigenvalue weighted by Gasteiger charge is -2.13. The molecule has 1 heterocycles. The summed E-state index contributed by atoms with van der Waals surface area (Å²) in [4.78, 5) is 8.82. The van der Waals surface area contributed by atoms with Crippen LogP contribution >= 0.6 is 0 Å². The highest BCUT2D eigenvalue weighted by molar-refractivity contribution is 5.94. The van der Waals surface area contributed by atoms with Crippen molar-refractivity contribution in [2.45, 2.75) is 6.54 Å². The third-order valence-corrected chi connectivity index (χ3v) is 4.53. The first-order chi connectivity index (χ1) is 14.3. The first-order valence-corrected chi connectivity index (χ1v) is 9.19. The van der Waals surface area contributed by atoms with Gasteiger partial charge in [-0.05, 0) is 54.1 Å². The zero-order valence-corrected chi connectivity index (χ0v) is 16.3. The number of nitrogens with zero attached hydrogens (tertiary/aromatic N) is 2. The predicted octanol–water partition coefficient (Wildman–Crippen LogP) is 5.05. The summed E-state index contributed by atoms with van der Waals surface area (Å²) in [5.41, 5.74) is 1.93. The van der Waals surface area contributed by atoms with Crippen LogP contribution in [0.15, 0.2) is 73.1 Å². The molecule has 29 heavy (non-hydrogen) atoms. The van der Waals surface area contributed by atoms with Gasteiger partial charge in [-0.2, -0.15) is 0 Å². The normalized spacial score (nSPS) is 10.6.